The number of nitrogens with zero attached hydrogens (tertiary/aromatic N) is 2. The molecule has 10 nitrogen and oxygen atoms in total. The Morgan fingerprint density at radius 3 is 2.47 bits per heavy atom. The minimum Gasteiger partial charge on any atom is -0.465 e. The maximum Gasteiger partial charge on any atom is 0.306 e. The summed E-state index contributed by atoms with van der Waals surface area (Å²) in [6.45, 7) is 0.516. The van der Waals surface area contributed by atoms with Crippen LogP contribution in [0.3, 0.4) is 0 Å². The molecule has 0 bridgehead atoms. The summed E-state index contributed by atoms with van der Waals surface area (Å²) in [6.07, 6.45) is 1.36. The van der Waals surface area contributed by atoms with Crippen molar-refractivity contribution in [3.63, 3.8) is 0 Å². The Bertz CT molecular complexity index is 691. The van der Waals surface area contributed by atoms with E-state index in [0.717, 1.165) is 0 Å². The standard InChI is InChI=1S/C18H31N4O6PS/c1-21-15(23)4-5-17(25)26-13-18(6-9-22(10-7-18)16(24)12-20)14-28-29(2,30)27-11-3-8-19/h3-7,9-14,20H2,1-2H3,(H,21,23). The Labute approximate surface area is 182 Å². The van der Waals surface area contributed by atoms with E-state index in [1.54, 1.807) is 11.6 Å². The van der Waals surface area contributed by atoms with Gasteiger partial charge in [-0.15, -0.1) is 0 Å². The Morgan fingerprint density at radius 2 is 1.90 bits per heavy atom. The van der Waals surface area contributed by atoms with Gasteiger partial charge in [0.25, 0.3) is 0 Å². The number of nitriles is 1. The SMILES string of the molecule is CNC(=O)CCC(=O)OCC1(COP(C)(=S)OCCC#N)CCN(C(=O)CN)CC1. The molecule has 12 heteroatoms. The van der Waals surface area contributed by atoms with Crippen LogP contribution in [0, 0.1) is 16.7 Å². The Balaban J connectivity index is 2.71. The van der Waals surface area contributed by atoms with Gasteiger partial charge in [-0.2, -0.15) is 5.26 Å². The topological polar surface area (TPSA) is 144 Å². The molecule has 1 atom stereocenters. The zero-order valence-electron chi connectivity index (χ0n) is 17.6. The van der Waals surface area contributed by atoms with Crippen molar-refractivity contribution in [3.8, 4) is 6.07 Å². The second-order valence-electron chi connectivity index (χ2n) is 7.20. The third kappa shape index (κ3) is 9.49. The van der Waals surface area contributed by atoms with E-state index in [0.29, 0.717) is 25.9 Å². The first-order valence-corrected chi connectivity index (χ1v) is 12.8. The fourth-order valence-electron chi connectivity index (χ4n) is 2.88. The molecule has 3 N–H and O–H groups in total. The second kappa shape index (κ2) is 13.0. The van der Waals surface area contributed by atoms with Crippen molar-refractivity contribution in [1.29, 1.82) is 5.26 Å². The molecule has 1 rings (SSSR count). The lowest BCUT2D eigenvalue weighted by Gasteiger charge is -2.41. The predicted molar refractivity (Wildman–Crippen MR) is 114 cm³/mol. The Kier molecular flexibility index (Phi) is 11.4. The molecule has 1 saturated heterocycles. The number of nitrogens with one attached hydrogen (secondary N) is 1. The van der Waals surface area contributed by atoms with Crippen molar-refractivity contribution >= 4 is 36.1 Å². The number of piperidine rings is 1. The quantitative estimate of drug-likeness (QED) is 0.241. The molecule has 1 aliphatic heterocycles. The van der Waals surface area contributed by atoms with Gasteiger partial charge in [-0.1, -0.05) is 0 Å². The van der Waals surface area contributed by atoms with Gasteiger partial charge in [0.1, 0.15) is 0 Å². The molecule has 1 heterocycles. The summed E-state index contributed by atoms with van der Waals surface area (Å²) in [5.74, 6) is -0.841. The summed E-state index contributed by atoms with van der Waals surface area (Å²) >= 11 is 5.40. The summed E-state index contributed by atoms with van der Waals surface area (Å²) in [7, 11) is 1.50. The fraction of sp³-hybridized carbons (Fsp3) is 0.778. The van der Waals surface area contributed by atoms with E-state index in [2.05, 4.69) is 5.32 Å². The van der Waals surface area contributed by atoms with Gasteiger partial charge in [-0.05, 0) is 24.6 Å². The number of likely N-dealkylation sites (tertiary alicyclic amines) is 1. The van der Waals surface area contributed by atoms with Crippen LogP contribution in [0.2, 0.25) is 0 Å². The maximum absolute atomic E-state index is 12.0. The summed E-state index contributed by atoms with van der Waals surface area (Å²) in [5, 5.41) is 11.1. The lowest BCUT2D eigenvalue weighted by molar-refractivity contribution is -0.152. The number of carbonyl (C=O) groups excluding carboxylic acids is 3. The largest absolute Gasteiger partial charge is 0.465 e. The summed E-state index contributed by atoms with van der Waals surface area (Å²) in [5.41, 5.74) is 4.92. The molecular weight excluding hydrogens is 431 g/mol. The molecule has 0 aromatic rings. The molecular formula is C18H31N4O6PS. The highest BCUT2D eigenvalue weighted by molar-refractivity contribution is 8.09. The zero-order chi connectivity index (χ0) is 22.6. The molecule has 0 aliphatic carbocycles. The molecule has 0 spiro atoms. The van der Waals surface area contributed by atoms with E-state index < -0.39 is 17.9 Å². The number of ether oxygens (including phenoxy) is 1. The highest BCUT2D eigenvalue weighted by Crippen LogP contribution is 2.47. The first-order valence-electron chi connectivity index (χ1n) is 9.74. The van der Waals surface area contributed by atoms with Crippen LogP contribution in [0.15, 0.2) is 0 Å². The Hall–Kier alpha value is -1.57. The lowest BCUT2D eigenvalue weighted by atomic mass is 9.80. The molecule has 1 aliphatic rings. The average molecular weight is 463 g/mol. The van der Waals surface area contributed by atoms with Crippen LogP contribution >= 0.6 is 6.49 Å². The molecule has 0 aromatic heterocycles. The highest BCUT2D eigenvalue weighted by atomic mass is 32.5. The summed E-state index contributed by atoms with van der Waals surface area (Å²) in [4.78, 5) is 36.9. The van der Waals surface area contributed by atoms with E-state index >= 15 is 0 Å². The van der Waals surface area contributed by atoms with Crippen molar-refractivity contribution in [1.82, 2.24) is 10.2 Å². The maximum atomic E-state index is 12.0. The zero-order valence-corrected chi connectivity index (χ0v) is 19.3. The molecule has 0 aromatic carbocycles. The molecule has 0 radical (unpaired) electrons. The average Bonchev–Trinajstić information content (AvgIpc) is 2.74. The first-order chi connectivity index (χ1) is 14.2. The van der Waals surface area contributed by atoms with Gasteiger partial charge in [0.15, 0.2) is 6.49 Å². The molecule has 2 amide bonds. The van der Waals surface area contributed by atoms with E-state index in [4.69, 9.17) is 36.6 Å². The van der Waals surface area contributed by atoms with Gasteiger partial charge >= 0.3 is 5.97 Å². The van der Waals surface area contributed by atoms with Crippen molar-refractivity contribution in [2.75, 3.05) is 53.2 Å². The van der Waals surface area contributed by atoms with Crippen LogP contribution in [0.4, 0.5) is 0 Å². The van der Waals surface area contributed by atoms with Crippen molar-refractivity contribution in [2.45, 2.75) is 32.1 Å². The van der Waals surface area contributed by atoms with Crippen LogP contribution < -0.4 is 11.1 Å². The second-order valence-corrected chi connectivity index (χ2v) is 11.3. The van der Waals surface area contributed by atoms with Crippen molar-refractivity contribution < 1.29 is 28.2 Å². The Morgan fingerprint density at radius 1 is 1.23 bits per heavy atom. The van der Waals surface area contributed by atoms with Crippen LogP contribution in [0.5, 0.6) is 0 Å². The number of nitrogens with two attached hydrogens (primary N) is 1. The normalized spacial score (nSPS) is 17.5. The number of rotatable bonds is 12. The number of hydrogen-bond acceptors (Lipinski definition) is 9. The number of amides is 2. The van der Waals surface area contributed by atoms with Gasteiger partial charge in [0, 0.05) is 38.6 Å². The van der Waals surface area contributed by atoms with E-state index in [-0.39, 0.29) is 57.4 Å². The lowest BCUT2D eigenvalue weighted by Crippen LogP contribution is -2.48. The van der Waals surface area contributed by atoms with Crippen molar-refractivity contribution in [3.05, 3.63) is 0 Å². The highest BCUT2D eigenvalue weighted by Gasteiger charge is 2.38. The smallest absolute Gasteiger partial charge is 0.306 e. The van der Waals surface area contributed by atoms with Gasteiger partial charge < -0.3 is 29.7 Å². The van der Waals surface area contributed by atoms with Gasteiger partial charge in [0.2, 0.25) is 11.8 Å². The molecule has 170 valence electrons. The van der Waals surface area contributed by atoms with Gasteiger partial charge in [-0.3, -0.25) is 14.4 Å². The van der Waals surface area contributed by atoms with Crippen LogP contribution in [0.1, 0.15) is 32.1 Å². The fourth-order valence-corrected chi connectivity index (χ4v) is 4.27. The van der Waals surface area contributed by atoms with Crippen LogP contribution in [0.25, 0.3) is 0 Å². The van der Waals surface area contributed by atoms with Crippen LogP contribution in [-0.2, 0) is 40.0 Å². The number of hydrogen-bond donors (Lipinski definition) is 2. The van der Waals surface area contributed by atoms with Gasteiger partial charge in [0.05, 0.1) is 45.3 Å². The predicted octanol–water partition coefficient (Wildman–Crippen LogP) is 0.509. The monoisotopic (exact) mass is 462 g/mol. The van der Waals surface area contributed by atoms with E-state index in [1.807, 2.05) is 6.07 Å². The molecule has 1 unspecified atom stereocenters. The van der Waals surface area contributed by atoms with Crippen molar-refractivity contribution in [2.24, 2.45) is 11.1 Å². The first kappa shape index (κ1) is 26.5. The van der Waals surface area contributed by atoms with Gasteiger partial charge in [-0.25, -0.2) is 0 Å². The van der Waals surface area contributed by atoms with E-state index in [1.165, 1.54) is 7.05 Å². The van der Waals surface area contributed by atoms with Crippen LogP contribution in [-0.4, -0.2) is 75.9 Å². The third-order valence-corrected chi connectivity index (χ3v) is 6.75. The summed E-state index contributed by atoms with van der Waals surface area (Å²) < 4.78 is 16.9. The summed E-state index contributed by atoms with van der Waals surface area (Å²) in [6, 6.07) is 1.99. The molecule has 30 heavy (non-hydrogen) atoms. The molecule has 0 saturated carbocycles. The van der Waals surface area contributed by atoms with E-state index in [9.17, 15) is 14.4 Å². The minimum atomic E-state index is -2.56. The minimum absolute atomic E-state index is 0.0165. The number of carbonyl (C=O) groups is 3. The number of esters is 1. The molecule has 1 fully saturated rings. The third-order valence-electron chi connectivity index (χ3n) is 4.87.